The van der Waals surface area contributed by atoms with Crippen molar-refractivity contribution in [2.24, 2.45) is 5.92 Å². The van der Waals surface area contributed by atoms with Gasteiger partial charge in [-0.15, -0.1) is 0 Å². The van der Waals surface area contributed by atoms with Crippen molar-refractivity contribution >= 4 is 23.5 Å². The minimum atomic E-state index is -0.290. The second-order valence-corrected chi connectivity index (χ2v) is 6.52. The van der Waals surface area contributed by atoms with Crippen LogP contribution in [0.3, 0.4) is 0 Å². The Morgan fingerprint density at radius 3 is 2.60 bits per heavy atom. The SMILES string of the molecule is CC(C)NC(=O)CNC(=O)[C@H]1CCCN(C(=O)Nc2ccccc2)C1. The smallest absolute Gasteiger partial charge is 0.321 e. The molecule has 0 unspecified atom stereocenters. The molecule has 0 radical (unpaired) electrons. The molecular formula is C18H26N4O3. The number of amides is 4. The van der Waals surface area contributed by atoms with Gasteiger partial charge in [-0.3, -0.25) is 9.59 Å². The van der Waals surface area contributed by atoms with E-state index < -0.39 is 0 Å². The predicted molar refractivity (Wildman–Crippen MR) is 96.0 cm³/mol. The van der Waals surface area contributed by atoms with Gasteiger partial charge in [0.1, 0.15) is 0 Å². The van der Waals surface area contributed by atoms with Crippen LogP contribution in [0.4, 0.5) is 10.5 Å². The van der Waals surface area contributed by atoms with Crippen molar-refractivity contribution < 1.29 is 14.4 Å². The predicted octanol–water partition coefficient (Wildman–Crippen LogP) is 1.57. The number of hydrogen-bond donors (Lipinski definition) is 3. The van der Waals surface area contributed by atoms with Gasteiger partial charge in [-0.2, -0.15) is 0 Å². The zero-order valence-electron chi connectivity index (χ0n) is 14.7. The fraction of sp³-hybridized carbons (Fsp3) is 0.500. The Labute approximate surface area is 148 Å². The number of rotatable bonds is 5. The van der Waals surface area contributed by atoms with Crippen LogP contribution in [0.1, 0.15) is 26.7 Å². The Morgan fingerprint density at radius 2 is 1.92 bits per heavy atom. The van der Waals surface area contributed by atoms with E-state index in [1.165, 1.54) is 0 Å². The van der Waals surface area contributed by atoms with E-state index in [1.54, 1.807) is 4.90 Å². The standard InChI is InChI=1S/C18H26N4O3/c1-13(2)20-16(23)11-19-17(24)14-7-6-10-22(12-14)18(25)21-15-8-4-3-5-9-15/h3-5,8-9,13-14H,6-7,10-12H2,1-2H3,(H,19,24)(H,20,23)(H,21,25)/t14-/m0/s1. The lowest BCUT2D eigenvalue weighted by atomic mass is 9.97. The second kappa shape index (κ2) is 9.05. The molecule has 0 aromatic heterocycles. The van der Waals surface area contributed by atoms with Crippen LogP contribution in [0.2, 0.25) is 0 Å². The monoisotopic (exact) mass is 346 g/mol. The largest absolute Gasteiger partial charge is 0.352 e. The molecule has 0 spiro atoms. The van der Waals surface area contributed by atoms with Gasteiger partial charge in [0.2, 0.25) is 11.8 Å². The Morgan fingerprint density at radius 1 is 1.20 bits per heavy atom. The Bertz CT molecular complexity index is 604. The second-order valence-electron chi connectivity index (χ2n) is 6.52. The zero-order chi connectivity index (χ0) is 18.2. The summed E-state index contributed by atoms with van der Waals surface area (Å²) in [7, 11) is 0. The highest BCUT2D eigenvalue weighted by Crippen LogP contribution is 2.18. The lowest BCUT2D eigenvalue weighted by molar-refractivity contribution is -0.129. The van der Waals surface area contributed by atoms with Crippen molar-refractivity contribution in [2.75, 3.05) is 25.0 Å². The molecule has 7 nitrogen and oxygen atoms in total. The summed E-state index contributed by atoms with van der Waals surface area (Å²) in [5, 5.41) is 8.22. The molecule has 1 atom stereocenters. The van der Waals surface area contributed by atoms with Gasteiger partial charge in [-0.1, -0.05) is 18.2 Å². The van der Waals surface area contributed by atoms with E-state index in [-0.39, 0.29) is 36.3 Å². The molecule has 3 N–H and O–H groups in total. The lowest BCUT2D eigenvalue weighted by Gasteiger charge is -2.32. The third-order valence-corrected chi connectivity index (χ3v) is 3.98. The highest BCUT2D eigenvalue weighted by atomic mass is 16.2. The molecule has 2 rings (SSSR count). The molecule has 1 saturated heterocycles. The molecule has 0 saturated carbocycles. The molecule has 7 heteroatoms. The first-order chi connectivity index (χ1) is 12.0. The quantitative estimate of drug-likeness (QED) is 0.756. The maximum Gasteiger partial charge on any atom is 0.321 e. The summed E-state index contributed by atoms with van der Waals surface area (Å²) < 4.78 is 0. The zero-order valence-corrected chi connectivity index (χ0v) is 14.7. The van der Waals surface area contributed by atoms with Gasteiger partial charge in [0.05, 0.1) is 12.5 Å². The van der Waals surface area contributed by atoms with Crippen LogP contribution in [0, 0.1) is 5.92 Å². The minimum Gasteiger partial charge on any atom is -0.352 e. The summed E-state index contributed by atoms with van der Waals surface area (Å²) >= 11 is 0. The number of piperidine rings is 1. The average molecular weight is 346 g/mol. The van der Waals surface area contributed by atoms with E-state index in [1.807, 2.05) is 44.2 Å². The third kappa shape index (κ3) is 6.10. The van der Waals surface area contributed by atoms with Gasteiger partial charge in [-0.05, 0) is 38.8 Å². The van der Waals surface area contributed by atoms with E-state index in [9.17, 15) is 14.4 Å². The molecule has 1 aromatic rings. The molecule has 1 aromatic carbocycles. The summed E-state index contributed by atoms with van der Waals surface area (Å²) in [6.45, 7) is 4.67. The number of nitrogens with one attached hydrogen (secondary N) is 3. The summed E-state index contributed by atoms with van der Waals surface area (Å²) in [6, 6.07) is 9.05. The van der Waals surface area contributed by atoms with E-state index in [2.05, 4.69) is 16.0 Å². The maximum absolute atomic E-state index is 12.3. The van der Waals surface area contributed by atoms with E-state index in [4.69, 9.17) is 0 Å². The topological polar surface area (TPSA) is 90.5 Å². The molecule has 1 aliphatic rings. The molecule has 0 bridgehead atoms. The van der Waals surface area contributed by atoms with Crippen LogP contribution >= 0.6 is 0 Å². The summed E-state index contributed by atoms with van der Waals surface area (Å²) in [6.07, 6.45) is 1.48. The number of anilines is 1. The van der Waals surface area contributed by atoms with E-state index in [0.29, 0.717) is 19.5 Å². The number of hydrogen-bond acceptors (Lipinski definition) is 3. The average Bonchev–Trinajstić information content (AvgIpc) is 2.60. The van der Waals surface area contributed by atoms with Crippen molar-refractivity contribution in [1.29, 1.82) is 0 Å². The third-order valence-electron chi connectivity index (χ3n) is 3.98. The minimum absolute atomic E-state index is 0.0380. The van der Waals surface area contributed by atoms with E-state index >= 15 is 0 Å². The normalized spacial score (nSPS) is 17.1. The van der Waals surface area contributed by atoms with Crippen LogP contribution in [0.25, 0.3) is 0 Å². The van der Waals surface area contributed by atoms with Crippen LogP contribution in [0.15, 0.2) is 30.3 Å². The van der Waals surface area contributed by atoms with Crippen molar-refractivity contribution in [3.63, 3.8) is 0 Å². The Balaban J connectivity index is 1.82. The molecule has 25 heavy (non-hydrogen) atoms. The summed E-state index contributed by atoms with van der Waals surface area (Å²) in [5.74, 6) is -0.684. The number of para-hydroxylation sites is 1. The van der Waals surface area contributed by atoms with Crippen molar-refractivity contribution in [1.82, 2.24) is 15.5 Å². The van der Waals surface area contributed by atoms with Gasteiger partial charge < -0.3 is 20.9 Å². The van der Waals surface area contributed by atoms with Gasteiger partial charge in [0, 0.05) is 24.8 Å². The highest BCUT2D eigenvalue weighted by molar-refractivity contribution is 5.90. The fourth-order valence-electron chi connectivity index (χ4n) is 2.78. The van der Waals surface area contributed by atoms with Crippen LogP contribution in [-0.2, 0) is 9.59 Å². The highest BCUT2D eigenvalue weighted by Gasteiger charge is 2.28. The first-order valence-corrected chi connectivity index (χ1v) is 8.63. The van der Waals surface area contributed by atoms with E-state index in [0.717, 1.165) is 12.1 Å². The Kier molecular flexibility index (Phi) is 6.80. The number of urea groups is 1. The fourth-order valence-corrected chi connectivity index (χ4v) is 2.78. The number of likely N-dealkylation sites (tertiary alicyclic amines) is 1. The summed E-state index contributed by atoms with van der Waals surface area (Å²) in [4.78, 5) is 37.9. The maximum atomic E-state index is 12.3. The molecule has 1 fully saturated rings. The number of benzene rings is 1. The number of nitrogens with zero attached hydrogens (tertiary/aromatic N) is 1. The van der Waals surface area contributed by atoms with Crippen molar-refractivity contribution in [3.05, 3.63) is 30.3 Å². The van der Waals surface area contributed by atoms with Crippen LogP contribution in [0.5, 0.6) is 0 Å². The summed E-state index contributed by atoms with van der Waals surface area (Å²) in [5.41, 5.74) is 0.726. The first-order valence-electron chi connectivity index (χ1n) is 8.63. The molecule has 4 amide bonds. The number of carbonyl (C=O) groups excluding carboxylic acids is 3. The molecule has 1 aliphatic heterocycles. The van der Waals surface area contributed by atoms with Crippen molar-refractivity contribution in [2.45, 2.75) is 32.7 Å². The molecule has 0 aliphatic carbocycles. The van der Waals surface area contributed by atoms with Gasteiger partial charge >= 0.3 is 6.03 Å². The molecule has 1 heterocycles. The number of carbonyl (C=O) groups is 3. The van der Waals surface area contributed by atoms with Gasteiger partial charge in [0.15, 0.2) is 0 Å². The molecular weight excluding hydrogens is 320 g/mol. The lowest BCUT2D eigenvalue weighted by Crippen LogP contribution is -2.48. The first kappa shape index (κ1) is 18.8. The van der Waals surface area contributed by atoms with Gasteiger partial charge in [0.25, 0.3) is 0 Å². The van der Waals surface area contributed by atoms with Crippen LogP contribution < -0.4 is 16.0 Å². The molecule has 136 valence electrons. The van der Waals surface area contributed by atoms with Crippen LogP contribution in [-0.4, -0.2) is 48.4 Å². The van der Waals surface area contributed by atoms with Gasteiger partial charge in [-0.25, -0.2) is 4.79 Å². The Hall–Kier alpha value is -2.57. The van der Waals surface area contributed by atoms with Crippen molar-refractivity contribution in [3.8, 4) is 0 Å².